The highest BCUT2D eigenvalue weighted by Gasteiger charge is 2.58. The van der Waals surface area contributed by atoms with Gasteiger partial charge in [-0.3, -0.25) is 14.6 Å². The number of hydrogen-bond acceptors (Lipinski definition) is 7. The fourth-order valence-corrected chi connectivity index (χ4v) is 11.7. The largest absolute Gasteiger partial charge is 0.516 e. The van der Waals surface area contributed by atoms with Gasteiger partial charge in [0.15, 0.2) is 0 Å². The minimum absolute atomic E-state index is 0.0735. The van der Waals surface area contributed by atoms with Crippen molar-refractivity contribution in [2.24, 2.45) is 22.4 Å². The average molecular weight is 598 g/mol. The zero-order valence-electron chi connectivity index (χ0n) is 25.9. The summed E-state index contributed by atoms with van der Waals surface area (Å²) in [6.07, 6.45) is 0.564. The topological polar surface area (TPSA) is 166 Å². The molecule has 10 nitrogen and oxygen atoms in total. The van der Waals surface area contributed by atoms with Gasteiger partial charge in [0, 0.05) is 6.54 Å². The molecule has 0 radical (unpaired) electrons. The van der Waals surface area contributed by atoms with Gasteiger partial charge in [-0.25, -0.2) is 13.1 Å². The van der Waals surface area contributed by atoms with Crippen LogP contribution >= 0.6 is 0 Å². The molecule has 12 heteroatoms. The number of carbonyl (C=O) groups is 2. The molecule has 1 aromatic carbocycles. The van der Waals surface area contributed by atoms with E-state index in [0.717, 1.165) is 11.6 Å². The van der Waals surface area contributed by atoms with Crippen LogP contribution in [-0.2, 0) is 24.0 Å². The summed E-state index contributed by atoms with van der Waals surface area (Å²) in [7, 11) is -6.62. The van der Waals surface area contributed by atoms with Gasteiger partial charge in [0.1, 0.15) is 6.04 Å². The lowest BCUT2D eigenvalue weighted by molar-refractivity contribution is -0.141. The average Bonchev–Trinajstić information content (AvgIpc) is 2.78. The lowest BCUT2D eigenvalue weighted by Crippen LogP contribution is -2.59. The SMILES string of the molecule is Cc1ccc(S(=O)(=O)NC(N)=NCCC[C@H](NC(=O)[C@H](C)N)C(=O)O[Si](CC(C)C)(C(C)(C)C)C(C)(C)C)cc1. The lowest BCUT2D eigenvalue weighted by Gasteiger charge is -2.51. The summed E-state index contributed by atoms with van der Waals surface area (Å²) >= 11 is 0. The molecule has 1 amide bonds. The van der Waals surface area contributed by atoms with Crippen LogP contribution in [0.15, 0.2) is 34.2 Å². The number of rotatable bonds is 12. The molecule has 2 atom stereocenters. The zero-order chi connectivity index (χ0) is 31.1. The number of carbonyl (C=O) groups excluding carboxylic acids is 2. The summed E-state index contributed by atoms with van der Waals surface area (Å²) in [4.78, 5) is 30.4. The van der Waals surface area contributed by atoms with Gasteiger partial charge in [0.05, 0.1) is 10.9 Å². The van der Waals surface area contributed by atoms with Gasteiger partial charge in [0.25, 0.3) is 18.3 Å². The predicted octanol–water partition coefficient (Wildman–Crippen LogP) is 3.95. The molecular formula is C28H51N5O5SSi. The molecule has 1 rings (SSSR count). The highest BCUT2D eigenvalue weighted by molar-refractivity contribution is 7.90. The third-order valence-electron chi connectivity index (χ3n) is 6.91. The van der Waals surface area contributed by atoms with E-state index in [4.69, 9.17) is 15.9 Å². The van der Waals surface area contributed by atoms with Crippen molar-refractivity contribution in [1.82, 2.24) is 10.0 Å². The molecule has 0 unspecified atom stereocenters. The monoisotopic (exact) mass is 597 g/mol. The number of nitrogens with zero attached hydrogens (tertiary/aromatic N) is 1. The number of amides is 1. The number of nitrogens with one attached hydrogen (secondary N) is 2. The Kier molecular flexibility index (Phi) is 12.4. The second-order valence-electron chi connectivity index (χ2n) is 13.0. The Morgan fingerprint density at radius 1 is 1.02 bits per heavy atom. The molecule has 0 aliphatic rings. The molecule has 0 aromatic heterocycles. The van der Waals surface area contributed by atoms with Crippen molar-refractivity contribution in [3.05, 3.63) is 29.8 Å². The molecule has 0 bridgehead atoms. The molecule has 0 saturated heterocycles. The Balaban J connectivity index is 3.09. The summed E-state index contributed by atoms with van der Waals surface area (Å²) in [5, 5.41) is 2.23. The van der Waals surface area contributed by atoms with Gasteiger partial charge in [-0.05, 0) is 60.9 Å². The van der Waals surface area contributed by atoms with Crippen molar-refractivity contribution in [3.8, 4) is 0 Å². The van der Waals surface area contributed by atoms with E-state index in [1.54, 1.807) is 19.1 Å². The quantitative estimate of drug-likeness (QED) is 0.123. The predicted molar refractivity (Wildman–Crippen MR) is 164 cm³/mol. The van der Waals surface area contributed by atoms with Crippen LogP contribution in [0.5, 0.6) is 0 Å². The second kappa shape index (κ2) is 14.0. The first kappa shape index (κ1) is 35.6. The maximum absolute atomic E-state index is 13.7. The van der Waals surface area contributed by atoms with Gasteiger partial charge in [-0.2, -0.15) is 0 Å². The first-order chi connectivity index (χ1) is 18.1. The number of aliphatic imine (C=N–C) groups is 1. The number of nitrogens with two attached hydrogens (primary N) is 2. The van der Waals surface area contributed by atoms with E-state index >= 15 is 0 Å². The number of benzene rings is 1. The van der Waals surface area contributed by atoms with Gasteiger partial charge in [-0.15, -0.1) is 0 Å². The standard InChI is InChI=1S/C28H51N5O5SSi/c1-19(2)18-40(27(5,6)7,28(8,9)10)38-25(35)23(32-24(34)21(4)29)12-11-17-31-26(30)33-39(36,37)22-15-13-20(3)14-16-22/h13-16,19,21,23H,11-12,17-18,29H2,1-10H3,(H,32,34)(H3,30,31,33)/t21-,23-/m0/s1. The number of sulfonamides is 1. The highest BCUT2D eigenvalue weighted by atomic mass is 32.2. The van der Waals surface area contributed by atoms with Crippen LogP contribution in [0, 0.1) is 12.8 Å². The molecule has 1 aromatic rings. The van der Waals surface area contributed by atoms with Gasteiger partial charge in [-0.1, -0.05) is 73.1 Å². The normalized spacial score (nSPS) is 14.9. The van der Waals surface area contributed by atoms with Gasteiger partial charge in [0.2, 0.25) is 11.9 Å². The molecule has 0 heterocycles. The number of guanidine groups is 1. The zero-order valence-corrected chi connectivity index (χ0v) is 27.7. The van der Waals surface area contributed by atoms with Crippen molar-refractivity contribution in [2.75, 3.05) is 6.54 Å². The Morgan fingerprint density at radius 2 is 1.55 bits per heavy atom. The molecule has 40 heavy (non-hydrogen) atoms. The number of aryl methyl sites for hydroxylation is 1. The molecule has 0 aliphatic heterocycles. The van der Waals surface area contributed by atoms with Crippen LogP contribution < -0.4 is 21.5 Å². The Hall–Kier alpha value is -2.44. The minimum Gasteiger partial charge on any atom is -0.516 e. The molecule has 0 spiro atoms. The van der Waals surface area contributed by atoms with E-state index in [0.29, 0.717) is 12.3 Å². The fraction of sp³-hybridized carbons (Fsp3) is 0.679. The van der Waals surface area contributed by atoms with Crippen molar-refractivity contribution in [2.45, 2.75) is 115 Å². The van der Waals surface area contributed by atoms with E-state index < -0.39 is 42.3 Å². The van der Waals surface area contributed by atoms with Crippen LogP contribution in [0.2, 0.25) is 16.1 Å². The van der Waals surface area contributed by atoms with E-state index in [9.17, 15) is 18.0 Å². The van der Waals surface area contributed by atoms with Crippen LogP contribution in [0.25, 0.3) is 0 Å². The molecule has 0 fully saturated rings. The smallest absolute Gasteiger partial charge is 0.315 e. The summed E-state index contributed by atoms with van der Waals surface area (Å²) in [5.74, 6) is -0.888. The maximum atomic E-state index is 13.7. The van der Waals surface area contributed by atoms with Crippen LogP contribution in [0.4, 0.5) is 0 Å². The van der Waals surface area contributed by atoms with Crippen LogP contribution in [-0.4, -0.2) is 53.2 Å². The van der Waals surface area contributed by atoms with Gasteiger partial charge < -0.3 is 21.2 Å². The fourth-order valence-electron chi connectivity index (χ4n) is 4.90. The first-order valence-electron chi connectivity index (χ1n) is 13.8. The maximum Gasteiger partial charge on any atom is 0.315 e. The minimum atomic E-state index is -3.87. The number of hydrogen-bond donors (Lipinski definition) is 4. The summed E-state index contributed by atoms with van der Waals surface area (Å²) in [6, 6.07) is 5.40. The molecule has 6 N–H and O–H groups in total. The molecule has 0 aliphatic carbocycles. The van der Waals surface area contributed by atoms with Crippen molar-refractivity contribution in [1.29, 1.82) is 0 Å². The van der Waals surface area contributed by atoms with Crippen LogP contribution in [0.1, 0.15) is 80.7 Å². The van der Waals surface area contributed by atoms with Crippen molar-refractivity contribution in [3.63, 3.8) is 0 Å². The molecule has 228 valence electrons. The summed E-state index contributed by atoms with van der Waals surface area (Å²) < 4.78 is 33.9. The summed E-state index contributed by atoms with van der Waals surface area (Å²) in [6.45, 7) is 20.5. The van der Waals surface area contributed by atoms with E-state index in [-0.39, 0.29) is 33.9 Å². The Labute approximate surface area is 242 Å². The van der Waals surface area contributed by atoms with E-state index in [2.05, 4.69) is 70.4 Å². The first-order valence-corrected chi connectivity index (χ1v) is 17.4. The van der Waals surface area contributed by atoms with Gasteiger partial charge >= 0.3 is 5.97 Å². The van der Waals surface area contributed by atoms with Crippen LogP contribution in [0.3, 0.4) is 0 Å². The second-order valence-corrected chi connectivity index (χ2v) is 20.0. The summed E-state index contributed by atoms with van der Waals surface area (Å²) in [5.41, 5.74) is 12.5. The van der Waals surface area contributed by atoms with E-state index in [1.807, 2.05) is 6.92 Å². The lowest BCUT2D eigenvalue weighted by atomic mass is 10.1. The highest BCUT2D eigenvalue weighted by Crippen LogP contribution is 2.55. The molecular weight excluding hydrogens is 546 g/mol. The Bertz CT molecular complexity index is 1120. The third kappa shape index (κ3) is 9.88. The van der Waals surface area contributed by atoms with Crippen molar-refractivity contribution >= 4 is 36.2 Å². The Morgan fingerprint density at radius 3 is 2.00 bits per heavy atom. The van der Waals surface area contributed by atoms with Crippen molar-refractivity contribution < 1.29 is 22.4 Å². The molecule has 0 saturated carbocycles. The third-order valence-corrected chi connectivity index (χ3v) is 15.1. The van der Waals surface area contributed by atoms with E-state index in [1.165, 1.54) is 12.1 Å².